The Kier molecular flexibility index (Phi) is 34.4. The molecule has 0 fully saturated rings. The Morgan fingerprint density at radius 2 is 0.846 bits per heavy atom. The lowest BCUT2D eigenvalue weighted by Crippen LogP contribution is -2.23. The molecule has 0 unspecified atom stereocenters. The monoisotopic (exact) mass is 550 g/mol. The summed E-state index contributed by atoms with van der Waals surface area (Å²) in [6, 6.07) is 0. The molecule has 0 bridgehead atoms. The first-order valence-electron chi connectivity index (χ1n) is 17.8. The van der Waals surface area contributed by atoms with E-state index < -0.39 is 0 Å². The van der Waals surface area contributed by atoms with Gasteiger partial charge in [0.2, 0.25) is 5.91 Å². The van der Waals surface area contributed by atoms with Crippen LogP contribution in [0.5, 0.6) is 0 Å². The van der Waals surface area contributed by atoms with Gasteiger partial charge in [0.15, 0.2) is 0 Å². The number of aliphatic hydroxyl groups excluding tert-OH is 1. The second-order valence-corrected chi connectivity index (χ2v) is 12.1. The van der Waals surface area contributed by atoms with Crippen LogP contribution in [0, 0.1) is 0 Å². The fourth-order valence-electron chi connectivity index (χ4n) is 5.38. The van der Waals surface area contributed by atoms with Gasteiger partial charge in [-0.05, 0) is 44.9 Å². The number of hydrogen-bond acceptors (Lipinski definition) is 2. The number of rotatable bonds is 33. The van der Waals surface area contributed by atoms with Crippen LogP contribution in [0.25, 0.3) is 0 Å². The maximum Gasteiger partial charge on any atom is 0.219 e. The molecule has 0 aliphatic heterocycles. The lowest BCUT2D eigenvalue weighted by atomic mass is 10.0. The van der Waals surface area contributed by atoms with Crippen LogP contribution in [-0.4, -0.2) is 24.2 Å². The van der Waals surface area contributed by atoms with E-state index in [9.17, 15) is 4.79 Å². The maximum atomic E-state index is 12.0. The molecule has 0 aromatic heterocycles. The Hall–Kier alpha value is -0.830. The maximum absolute atomic E-state index is 12.0. The topological polar surface area (TPSA) is 49.3 Å². The SMILES string of the molecule is CCCCCCCC/C=C\CCCCCCCCNC(=O)CCCCCCCCCCCCCCCCCO. The molecule has 2 N–H and O–H groups in total. The van der Waals surface area contributed by atoms with Crippen molar-refractivity contribution in [3.05, 3.63) is 12.2 Å². The number of allylic oxidation sites excluding steroid dienone is 2. The van der Waals surface area contributed by atoms with Crippen LogP contribution in [0.3, 0.4) is 0 Å². The summed E-state index contributed by atoms with van der Waals surface area (Å²) < 4.78 is 0. The summed E-state index contributed by atoms with van der Waals surface area (Å²) in [7, 11) is 0. The Balaban J connectivity index is 3.18. The molecule has 0 radical (unpaired) electrons. The molecular formula is C36H71NO2. The van der Waals surface area contributed by atoms with Crippen molar-refractivity contribution in [3.63, 3.8) is 0 Å². The van der Waals surface area contributed by atoms with Gasteiger partial charge in [0, 0.05) is 19.6 Å². The summed E-state index contributed by atoms with van der Waals surface area (Å²) in [6.45, 7) is 3.50. The van der Waals surface area contributed by atoms with E-state index in [-0.39, 0.29) is 5.91 Å². The van der Waals surface area contributed by atoms with Gasteiger partial charge in [-0.1, -0.05) is 160 Å². The normalized spacial score (nSPS) is 11.5. The first kappa shape index (κ1) is 38.2. The number of hydrogen-bond donors (Lipinski definition) is 2. The van der Waals surface area contributed by atoms with Crippen LogP contribution < -0.4 is 5.32 Å². The average molecular weight is 550 g/mol. The van der Waals surface area contributed by atoms with E-state index in [1.54, 1.807) is 0 Å². The summed E-state index contributed by atoms with van der Waals surface area (Å²) in [5.41, 5.74) is 0. The summed E-state index contributed by atoms with van der Waals surface area (Å²) in [5.74, 6) is 0.260. The molecule has 0 heterocycles. The molecule has 0 aliphatic carbocycles. The van der Waals surface area contributed by atoms with E-state index in [2.05, 4.69) is 24.4 Å². The summed E-state index contributed by atoms with van der Waals surface area (Å²) in [5, 5.41) is 11.9. The highest BCUT2D eigenvalue weighted by molar-refractivity contribution is 5.75. The molecular weight excluding hydrogens is 478 g/mol. The van der Waals surface area contributed by atoms with Crippen molar-refractivity contribution in [2.24, 2.45) is 0 Å². The lowest BCUT2D eigenvalue weighted by Gasteiger charge is -2.06. The number of carbonyl (C=O) groups excluding carboxylic acids is 1. The molecule has 3 nitrogen and oxygen atoms in total. The zero-order chi connectivity index (χ0) is 28.3. The Bertz CT molecular complexity index is 490. The number of unbranched alkanes of at least 4 members (excludes halogenated alkanes) is 26. The third kappa shape index (κ3) is 35.1. The Morgan fingerprint density at radius 1 is 0.487 bits per heavy atom. The minimum Gasteiger partial charge on any atom is -0.396 e. The minimum atomic E-state index is 0.260. The van der Waals surface area contributed by atoms with Crippen molar-refractivity contribution in [3.8, 4) is 0 Å². The highest BCUT2D eigenvalue weighted by atomic mass is 16.2. The van der Waals surface area contributed by atoms with Crippen molar-refractivity contribution >= 4 is 5.91 Å². The predicted octanol–water partition coefficient (Wildman–Crippen LogP) is 11.4. The van der Waals surface area contributed by atoms with Gasteiger partial charge in [-0.2, -0.15) is 0 Å². The van der Waals surface area contributed by atoms with E-state index in [0.29, 0.717) is 13.0 Å². The van der Waals surface area contributed by atoms with E-state index in [1.165, 1.54) is 167 Å². The molecule has 39 heavy (non-hydrogen) atoms. The van der Waals surface area contributed by atoms with Crippen molar-refractivity contribution in [1.82, 2.24) is 5.32 Å². The van der Waals surface area contributed by atoms with E-state index in [0.717, 1.165) is 25.8 Å². The predicted molar refractivity (Wildman–Crippen MR) is 173 cm³/mol. The van der Waals surface area contributed by atoms with Gasteiger partial charge >= 0.3 is 0 Å². The second-order valence-electron chi connectivity index (χ2n) is 12.1. The third-order valence-corrected chi connectivity index (χ3v) is 8.07. The molecule has 1 amide bonds. The molecule has 0 rings (SSSR count). The van der Waals surface area contributed by atoms with Crippen LogP contribution >= 0.6 is 0 Å². The van der Waals surface area contributed by atoms with E-state index >= 15 is 0 Å². The highest BCUT2D eigenvalue weighted by Crippen LogP contribution is 2.14. The Labute approximate surface area is 245 Å². The van der Waals surface area contributed by atoms with Gasteiger partial charge < -0.3 is 10.4 Å². The largest absolute Gasteiger partial charge is 0.396 e. The van der Waals surface area contributed by atoms with Gasteiger partial charge in [-0.3, -0.25) is 4.79 Å². The minimum absolute atomic E-state index is 0.260. The first-order valence-corrected chi connectivity index (χ1v) is 17.8. The molecule has 0 atom stereocenters. The van der Waals surface area contributed by atoms with Gasteiger partial charge in [-0.25, -0.2) is 0 Å². The van der Waals surface area contributed by atoms with E-state index in [4.69, 9.17) is 5.11 Å². The van der Waals surface area contributed by atoms with Gasteiger partial charge in [-0.15, -0.1) is 0 Å². The molecule has 3 heteroatoms. The fourth-order valence-corrected chi connectivity index (χ4v) is 5.38. The average Bonchev–Trinajstić information content (AvgIpc) is 2.94. The molecule has 232 valence electrons. The van der Waals surface area contributed by atoms with Crippen molar-refractivity contribution < 1.29 is 9.90 Å². The number of carbonyl (C=O) groups is 1. The molecule has 0 aliphatic rings. The number of aliphatic hydroxyl groups is 1. The molecule has 0 saturated heterocycles. The third-order valence-electron chi connectivity index (χ3n) is 8.07. The molecule has 0 aromatic carbocycles. The number of nitrogens with one attached hydrogen (secondary N) is 1. The first-order chi connectivity index (χ1) is 19.3. The summed E-state index contributed by atoms with van der Waals surface area (Å²) in [4.78, 5) is 12.0. The quantitative estimate of drug-likeness (QED) is 0.0631. The summed E-state index contributed by atoms with van der Waals surface area (Å²) >= 11 is 0. The molecule has 0 spiro atoms. The lowest BCUT2D eigenvalue weighted by molar-refractivity contribution is -0.121. The number of amides is 1. The van der Waals surface area contributed by atoms with Crippen LogP contribution in [-0.2, 0) is 4.79 Å². The zero-order valence-electron chi connectivity index (χ0n) is 26.6. The van der Waals surface area contributed by atoms with Crippen LogP contribution in [0.15, 0.2) is 12.2 Å². The highest BCUT2D eigenvalue weighted by Gasteiger charge is 2.01. The van der Waals surface area contributed by atoms with Gasteiger partial charge in [0.05, 0.1) is 0 Å². The molecule has 0 aromatic rings. The van der Waals surface area contributed by atoms with Crippen LogP contribution in [0.2, 0.25) is 0 Å². The van der Waals surface area contributed by atoms with Crippen LogP contribution in [0.4, 0.5) is 0 Å². The smallest absolute Gasteiger partial charge is 0.219 e. The standard InChI is InChI=1S/C36H71NO2/c1-2-3-4-5-6-7-8-9-10-13-16-19-22-25-28-31-34-37-36(39)33-30-27-24-21-18-15-12-11-14-17-20-23-26-29-32-35-38/h9-10,38H,2-8,11-35H2,1H3,(H,37,39)/b10-9-. The van der Waals surface area contributed by atoms with Crippen molar-refractivity contribution in [1.29, 1.82) is 0 Å². The fraction of sp³-hybridized carbons (Fsp3) is 0.917. The van der Waals surface area contributed by atoms with Crippen LogP contribution in [0.1, 0.15) is 200 Å². The molecule has 0 saturated carbocycles. The second kappa shape index (κ2) is 35.2. The van der Waals surface area contributed by atoms with E-state index in [1.807, 2.05) is 0 Å². The van der Waals surface area contributed by atoms with Gasteiger partial charge in [0.1, 0.15) is 0 Å². The Morgan fingerprint density at radius 3 is 1.28 bits per heavy atom. The zero-order valence-corrected chi connectivity index (χ0v) is 26.6. The van der Waals surface area contributed by atoms with Gasteiger partial charge in [0.25, 0.3) is 0 Å². The van der Waals surface area contributed by atoms with Crippen molar-refractivity contribution in [2.45, 2.75) is 200 Å². The summed E-state index contributed by atoms with van der Waals surface area (Å²) in [6.07, 6.45) is 43.5. The van der Waals surface area contributed by atoms with Crippen molar-refractivity contribution in [2.75, 3.05) is 13.2 Å².